The van der Waals surface area contributed by atoms with Gasteiger partial charge in [0.05, 0.1) is 12.8 Å². The molecule has 4 rings (SSSR count). The van der Waals surface area contributed by atoms with Crippen molar-refractivity contribution in [3.05, 3.63) is 84.2 Å². The van der Waals surface area contributed by atoms with Crippen LogP contribution in [0.3, 0.4) is 0 Å². The molecule has 0 aliphatic heterocycles. The molecule has 0 fully saturated rings. The zero-order valence-corrected chi connectivity index (χ0v) is 17.2. The van der Waals surface area contributed by atoms with Gasteiger partial charge in [-0.05, 0) is 36.4 Å². The Morgan fingerprint density at radius 1 is 0.933 bits per heavy atom. The lowest BCUT2D eigenvalue weighted by Gasteiger charge is -2.09. The number of nitrogens with one attached hydrogen (secondary N) is 1. The first kappa shape index (κ1) is 19.7. The van der Waals surface area contributed by atoms with Crippen LogP contribution in [0.5, 0.6) is 11.5 Å². The molecule has 0 aliphatic carbocycles. The third-order valence-electron chi connectivity index (χ3n) is 4.40. The zero-order valence-electron chi connectivity index (χ0n) is 16.4. The third-order valence-corrected chi connectivity index (χ3v) is 5.29. The Kier molecular flexibility index (Phi) is 6.06. The highest BCUT2D eigenvalue weighted by atomic mass is 32.1. The van der Waals surface area contributed by atoms with Crippen LogP contribution >= 0.6 is 11.3 Å². The Morgan fingerprint density at radius 3 is 2.43 bits per heavy atom. The second kappa shape index (κ2) is 9.24. The summed E-state index contributed by atoms with van der Waals surface area (Å²) in [6.45, 7) is -0.0780. The molecule has 1 aromatic heterocycles. The van der Waals surface area contributed by atoms with Crippen molar-refractivity contribution in [2.45, 2.75) is 0 Å². The number of ether oxygens (including phenoxy) is 2. The Bertz CT molecular complexity index is 1120. The first-order chi connectivity index (χ1) is 14.7. The number of hydrogen-bond acceptors (Lipinski definition) is 5. The minimum absolute atomic E-state index is 0.0780. The van der Waals surface area contributed by atoms with Crippen molar-refractivity contribution in [2.75, 3.05) is 19.0 Å². The molecule has 1 amide bonds. The molecule has 30 heavy (non-hydrogen) atoms. The minimum Gasteiger partial charge on any atom is -0.497 e. The van der Waals surface area contributed by atoms with E-state index in [2.05, 4.69) is 5.32 Å². The van der Waals surface area contributed by atoms with Gasteiger partial charge >= 0.3 is 0 Å². The normalized spacial score (nSPS) is 10.4. The standard InChI is InChI=1S/C24H20N2O3S/c1-28-20-10-12-21(13-11-20)29-15-23(27)25-19-9-5-8-18(14-19)22-16-30-24(26-22)17-6-3-2-4-7-17/h2-14,16H,15H2,1H3,(H,25,27). The highest BCUT2D eigenvalue weighted by molar-refractivity contribution is 7.13. The lowest BCUT2D eigenvalue weighted by Crippen LogP contribution is -2.20. The van der Waals surface area contributed by atoms with Crippen LogP contribution in [-0.4, -0.2) is 24.6 Å². The summed E-state index contributed by atoms with van der Waals surface area (Å²) in [5.74, 6) is 1.11. The number of carbonyl (C=O) groups is 1. The van der Waals surface area contributed by atoms with E-state index in [1.165, 1.54) is 0 Å². The highest BCUT2D eigenvalue weighted by Crippen LogP contribution is 2.29. The largest absolute Gasteiger partial charge is 0.497 e. The lowest BCUT2D eigenvalue weighted by molar-refractivity contribution is -0.118. The predicted molar refractivity (Wildman–Crippen MR) is 120 cm³/mol. The summed E-state index contributed by atoms with van der Waals surface area (Å²) in [6.07, 6.45) is 0. The molecule has 0 aliphatic rings. The van der Waals surface area contributed by atoms with Crippen LogP contribution in [0.2, 0.25) is 0 Å². The molecule has 5 nitrogen and oxygen atoms in total. The number of methoxy groups -OCH3 is 1. The summed E-state index contributed by atoms with van der Waals surface area (Å²) in [5, 5.41) is 5.86. The summed E-state index contributed by atoms with van der Waals surface area (Å²) in [6, 6.07) is 24.8. The molecular weight excluding hydrogens is 396 g/mol. The average Bonchev–Trinajstić information content (AvgIpc) is 3.29. The highest BCUT2D eigenvalue weighted by Gasteiger charge is 2.09. The second-order valence-corrected chi connectivity index (χ2v) is 7.36. The molecule has 0 bridgehead atoms. The molecule has 6 heteroatoms. The van der Waals surface area contributed by atoms with Gasteiger partial charge in [-0.1, -0.05) is 42.5 Å². The van der Waals surface area contributed by atoms with E-state index in [1.807, 2.05) is 60.0 Å². The van der Waals surface area contributed by atoms with E-state index in [1.54, 1.807) is 42.7 Å². The Balaban J connectivity index is 1.39. The number of rotatable bonds is 7. The van der Waals surface area contributed by atoms with Gasteiger partial charge in [-0.15, -0.1) is 11.3 Å². The van der Waals surface area contributed by atoms with Crippen molar-refractivity contribution in [1.82, 2.24) is 4.98 Å². The summed E-state index contributed by atoms with van der Waals surface area (Å²) in [5.41, 5.74) is 3.62. The number of benzene rings is 3. The van der Waals surface area contributed by atoms with E-state index >= 15 is 0 Å². The zero-order chi connectivity index (χ0) is 20.8. The van der Waals surface area contributed by atoms with Gasteiger partial charge in [-0.25, -0.2) is 4.98 Å². The fourth-order valence-electron chi connectivity index (χ4n) is 2.89. The number of hydrogen-bond donors (Lipinski definition) is 1. The van der Waals surface area contributed by atoms with E-state index < -0.39 is 0 Å². The molecule has 0 atom stereocenters. The molecule has 1 N–H and O–H groups in total. The molecule has 0 saturated heterocycles. The van der Waals surface area contributed by atoms with E-state index in [4.69, 9.17) is 14.5 Å². The second-order valence-electron chi connectivity index (χ2n) is 6.50. The molecule has 0 unspecified atom stereocenters. The van der Waals surface area contributed by atoms with E-state index in [-0.39, 0.29) is 12.5 Å². The van der Waals surface area contributed by atoms with Gasteiger partial charge in [0.2, 0.25) is 0 Å². The van der Waals surface area contributed by atoms with Gasteiger partial charge in [-0.3, -0.25) is 4.79 Å². The molecule has 0 saturated carbocycles. The topological polar surface area (TPSA) is 60.5 Å². The van der Waals surface area contributed by atoms with Crippen LogP contribution in [0, 0.1) is 0 Å². The van der Waals surface area contributed by atoms with Crippen molar-refractivity contribution in [2.24, 2.45) is 0 Å². The average molecular weight is 417 g/mol. The van der Waals surface area contributed by atoms with Crippen LogP contribution in [-0.2, 0) is 4.79 Å². The Labute approximate surface area is 178 Å². The molecule has 3 aromatic carbocycles. The lowest BCUT2D eigenvalue weighted by atomic mass is 10.1. The maximum absolute atomic E-state index is 12.3. The maximum atomic E-state index is 12.3. The molecule has 0 spiro atoms. The van der Waals surface area contributed by atoms with E-state index in [0.717, 1.165) is 27.6 Å². The third kappa shape index (κ3) is 4.85. The van der Waals surface area contributed by atoms with Gasteiger partial charge in [0.15, 0.2) is 6.61 Å². The van der Waals surface area contributed by atoms with Crippen molar-refractivity contribution < 1.29 is 14.3 Å². The first-order valence-corrected chi connectivity index (χ1v) is 10.3. The number of anilines is 1. The van der Waals surface area contributed by atoms with Crippen LogP contribution in [0.25, 0.3) is 21.8 Å². The number of thiazole rings is 1. The number of aromatic nitrogens is 1. The van der Waals surface area contributed by atoms with E-state index in [9.17, 15) is 4.79 Å². The smallest absolute Gasteiger partial charge is 0.262 e. The number of nitrogens with zero attached hydrogens (tertiary/aromatic N) is 1. The summed E-state index contributed by atoms with van der Waals surface area (Å²) < 4.78 is 10.6. The first-order valence-electron chi connectivity index (χ1n) is 9.39. The SMILES string of the molecule is COc1ccc(OCC(=O)Nc2cccc(-c3csc(-c4ccccc4)n3)c2)cc1. The molecule has 1 heterocycles. The molecule has 150 valence electrons. The van der Waals surface area contributed by atoms with Crippen LogP contribution in [0.15, 0.2) is 84.2 Å². The summed E-state index contributed by atoms with van der Waals surface area (Å²) >= 11 is 1.60. The van der Waals surface area contributed by atoms with Gasteiger partial charge in [0.1, 0.15) is 16.5 Å². The minimum atomic E-state index is -0.230. The maximum Gasteiger partial charge on any atom is 0.262 e. The summed E-state index contributed by atoms with van der Waals surface area (Å²) in [7, 11) is 1.60. The van der Waals surface area contributed by atoms with E-state index in [0.29, 0.717) is 11.4 Å². The van der Waals surface area contributed by atoms with Crippen molar-refractivity contribution in [1.29, 1.82) is 0 Å². The van der Waals surface area contributed by atoms with Gasteiger partial charge in [0, 0.05) is 22.2 Å². The van der Waals surface area contributed by atoms with Crippen LogP contribution in [0.1, 0.15) is 0 Å². The van der Waals surface area contributed by atoms with Crippen molar-refractivity contribution in [3.8, 4) is 33.3 Å². The van der Waals surface area contributed by atoms with Crippen LogP contribution < -0.4 is 14.8 Å². The van der Waals surface area contributed by atoms with Gasteiger partial charge in [0.25, 0.3) is 5.91 Å². The van der Waals surface area contributed by atoms with Crippen LogP contribution in [0.4, 0.5) is 5.69 Å². The molecular formula is C24H20N2O3S. The fourth-order valence-corrected chi connectivity index (χ4v) is 3.73. The van der Waals surface area contributed by atoms with Crippen molar-refractivity contribution in [3.63, 3.8) is 0 Å². The quantitative estimate of drug-likeness (QED) is 0.432. The molecule has 0 radical (unpaired) electrons. The Hall–Kier alpha value is -3.64. The number of carbonyl (C=O) groups excluding carboxylic acids is 1. The monoisotopic (exact) mass is 416 g/mol. The Morgan fingerprint density at radius 2 is 1.67 bits per heavy atom. The predicted octanol–water partition coefficient (Wildman–Crippen LogP) is 5.50. The molecule has 4 aromatic rings. The number of amides is 1. The van der Waals surface area contributed by atoms with Gasteiger partial charge in [-0.2, -0.15) is 0 Å². The fraction of sp³-hybridized carbons (Fsp3) is 0.0833. The van der Waals surface area contributed by atoms with Gasteiger partial charge < -0.3 is 14.8 Å². The van der Waals surface area contributed by atoms with Crippen molar-refractivity contribution >= 4 is 22.9 Å². The summed E-state index contributed by atoms with van der Waals surface area (Å²) in [4.78, 5) is 17.0.